The highest BCUT2D eigenvalue weighted by atomic mass is 79.9. The van der Waals surface area contributed by atoms with Crippen LogP contribution in [-0.2, 0) is 11.2 Å². The summed E-state index contributed by atoms with van der Waals surface area (Å²) in [4.78, 5) is 11.1. The number of carbonyl (C=O) groups is 1. The Labute approximate surface area is 121 Å². The van der Waals surface area contributed by atoms with Crippen LogP contribution < -0.4 is 10.5 Å². The van der Waals surface area contributed by atoms with Crippen LogP contribution in [0.3, 0.4) is 0 Å². The third-order valence-electron chi connectivity index (χ3n) is 3.68. The summed E-state index contributed by atoms with van der Waals surface area (Å²) in [5.74, 6) is 0.731. The van der Waals surface area contributed by atoms with Crippen molar-refractivity contribution in [2.75, 3.05) is 7.11 Å². The Morgan fingerprint density at radius 3 is 2.74 bits per heavy atom. The average molecular weight is 328 g/mol. The van der Waals surface area contributed by atoms with Crippen molar-refractivity contribution in [3.05, 3.63) is 27.7 Å². The fraction of sp³-hybridized carbons (Fsp3) is 0.500. The van der Waals surface area contributed by atoms with Gasteiger partial charge >= 0.3 is 6.09 Å². The molecule has 1 aromatic rings. The van der Waals surface area contributed by atoms with E-state index in [1.54, 1.807) is 7.11 Å². The maximum Gasteiger partial charge on any atom is 0.405 e. The SMILES string of the molecule is COc1cc2c(cc1Br)CCC(C)(C)C2OC(N)=O. The smallest absolute Gasteiger partial charge is 0.405 e. The van der Waals surface area contributed by atoms with E-state index < -0.39 is 6.09 Å². The molecule has 0 aromatic heterocycles. The highest BCUT2D eigenvalue weighted by Crippen LogP contribution is 2.47. The lowest BCUT2D eigenvalue weighted by Gasteiger charge is -2.39. The molecular formula is C14H18BrNO3. The van der Waals surface area contributed by atoms with Crippen molar-refractivity contribution in [3.63, 3.8) is 0 Å². The van der Waals surface area contributed by atoms with Crippen molar-refractivity contribution in [3.8, 4) is 5.75 Å². The van der Waals surface area contributed by atoms with Crippen LogP contribution in [0.25, 0.3) is 0 Å². The van der Waals surface area contributed by atoms with Gasteiger partial charge in [0.25, 0.3) is 0 Å². The number of halogens is 1. The Morgan fingerprint density at radius 1 is 1.47 bits per heavy atom. The topological polar surface area (TPSA) is 61.6 Å². The van der Waals surface area contributed by atoms with Crippen LogP contribution in [0.2, 0.25) is 0 Å². The number of rotatable bonds is 2. The number of carbonyl (C=O) groups excluding carboxylic acids is 1. The molecule has 2 N–H and O–H groups in total. The Balaban J connectivity index is 2.51. The van der Waals surface area contributed by atoms with E-state index in [4.69, 9.17) is 15.2 Å². The number of ether oxygens (including phenoxy) is 2. The van der Waals surface area contributed by atoms with Gasteiger partial charge in [-0.05, 0) is 52.0 Å². The first kappa shape index (κ1) is 14.2. The van der Waals surface area contributed by atoms with Crippen molar-refractivity contribution < 1.29 is 14.3 Å². The lowest BCUT2D eigenvalue weighted by molar-refractivity contribution is 0.0145. The first-order valence-corrected chi connectivity index (χ1v) is 6.97. The van der Waals surface area contributed by atoms with Gasteiger partial charge in [-0.3, -0.25) is 0 Å². The van der Waals surface area contributed by atoms with Crippen LogP contribution in [0.1, 0.15) is 37.5 Å². The van der Waals surface area contributed by atoms with E-state index in [0.29, 0.717) is 0 Å². The first-order valence-electron chi connectivity index (χ1n) is 6.17. The highest BCUT2D eigenvalue weighted by Gasteiger charge is 2.39. The summed E-state index contributed by atoms with van der Waals surface area (Å²) < 4.78 is 11.6. The fourth-order valence-electron chi connectivity index (χ4n) is 2.58. The van der Waals surface area contributed by atoms with Gasteiger partial charge in [0, 0.05) is 5.41 Å². The standard InChI is InChI=1S/C14H18BrNO3/c1-14(2)5-4-8-6-10(15)11(18-3)7-9(8)12(14)19-13(16)17/h6-7,12H,4-5H2,1-3H3,(H2,16,17). The van der Waals surface area contributed by atoms with Gasteiger partial charge in [-0.1, -0.05) is 13.8 Å². The monoisotopic (exact) mass is 327 g/mol. The molecule has 0 bridgehead atoms. The van der Waals surface area contributed by atoms with Crippen LogP contribution in [0.4, 0.5) is 4.79 Å². The second kappa shape index (κ2) is 5.04. The molecule has 0 aliphatic heterocycles. The molecule has 0 saturated heterocycles. The molecule has 0 radical (unpaired) electrons. The second-order valence-electron chi connectivity index (χ2n) is 5.49. The molecule has 5 heteroatoms. The number of primary amides is 1. The molecule has 1 aliphatic rings. The predicted octanol–water partition coefficient (Wildman–Crippen LogP) is 3.57. The van der Waals surface area contributed by atoms with E-state index in [9.17, 15) is 4.79 Å². The maximum atomic E-state index is 11.1. The van der Waals surface area contributed by atoms with Crippen LogP contribution in [0, 0.1) is 5.41 Å². The zero-order valence-corrected chi connectivity index (χ0v) is 12.9. The molecule has 1 amide bonds. The molecule has 19 heavy (non-hydrogen) atoms. The van der Waals surface area contributed by atoms with E-state index in [0.717, 1.165) is 28.6 Å². The summed E-state index contributed by atoms with van der Waals surface area (Å²) in [5.41, 5.74) is 7.21. The molecule has 0 fully saturated rings. The molecule has 1 atom stereocenters. The Bertz CT molecular complexity index is 514. The number of hydrogen-bond acceptors (Lipinski definition) is 3. The molecule has 0 spiro atoms. The molecule has 4 nitrogen and oxygen atoms in total. The van der Waals surface area contributed by atoms with Gasteiger partial charge in [0.1, 0.15) is 11.9 Å². The minimum absolute atomic E-state index is 0.138. The van der Waals surface area contributed by atoms with Gasteiger partial charge in [-0.15, -0.1) is 0 Å². The van der Waals surface area contributed by atoms with Crippen molar-refractivity contribution >= 4 is 22.0 Å². The van der Waals surface area contributed by atoms with Gasteiger partial charge in [0.05, 0.1) is 11.6 Å². The zero-order chi connectivity index (χ0) is 14.2. The Kier molecular flexibility index (Phi) is 3.76. The van der Waals surface area contributed by atoms with Gasteiger partial charge in [-0.2, -0.15) is 0 Å². The summed E-state index contributed by atoms with van der Waals surface area (Å²) >= 11 is 3.48. The number of amides is 1. The first-order chi connectivity index (χ1) is 8.85. The minimum Gasteiger partial charge on any atom is -0.496 e. The molecule has 0 saturated carbocycles. The number of benzene rings is 1. The van der Waals surface area contributed by atoms with Gasteiger partial charge in [-0.25, -0.2) is 4.79 Å². The second-order valence-corrected chi connectivity index (χ2v) is 6.35. The lowest BCUT2D eigenvalue weighted by Crippen LogP contribution is -2.33. The number of nitrogens with two attached hydrogens (primary N) is 1. The Hall–Kier alpha value is -1.23. The molecule has 1 aliphatic carbocycles. The molecular weight excluding hydrogens is 310 g/mol. The molecule has 0 heterocycles. The molecule has 104 valence electrons. The molecule has 1 aromatic carbocycles. The number of fused-ring (bicyclic) bond motifs is 1. The number of methoxy groups -OCH3 is 1. The predicted molar refractivity (Wildman–Crippen MR) is 76.2 cm³/mol. The van der Waals surface area contributed by atoms with E-state index in [1.807, 2.05) is 12.1 Å². The third kappa shape index (κ3) is 2.71. The summed E-state index contributed by atoms with van der Waals surface area (Å²) in [7, 11) is 1.62. The summed E-state index contributed by atoms with van der Waals surface area (Å²) in [5, 5.41) is 0. The van der Waals surface area contributed by atoms with Crippen molar-refractivity contribution in [2.24, 2.45) is 11.1 Å². The van der Waals surface area contributed by atoms with Gasteiger partial charge in [0.15, 0.2) is 0 Å². The van der Waals surface area contributed by atoms with E-state index in [1.165, 1.54) is 5.56 Å². The maximum absolute atomic E-state index is 11.1. The van der Waals surface area contributed by atoms with Crippen LogP contribution in [0.15, 0.2) is 16.6 Å². The summed E-state index contributed by atoms with van der Waals surface area (Å²) in [6.45, 7) is 4.16. The van der Waals surface area contributed by atoms with Crippen LogP contribution >= 0.6 is 15.9 Å². The van der Waals surface area contributed by atoms with Gasteiger partial charge < -0.3 is 15.2 Å². The van der Waals surface area contributed by atoms with E-state index in [2.05, 4.69) is 29.8 Å². The highest BCUT2D eigenvalue weighted by molar-refractivity contribution is 9.10. The summed E-state index contributed by atoms with van der Waals surface area (Å²) in [6, 6.07) is 3.95. The van der Waals surface area contributed by atoms with Gasteiger partial charge in [0.2, 0.25) is 0 Å². The number of hydrogen-bond donors (Lipinski definition) is 1. The fourth-order valence-corrected chi connectivity index (χ4v) is 3.13. The largest absolute Gasteiger partial charge is 0.496 e. The van der Waals surface area contributed by atoms with E-state index in [-0.39, 0.29) is 11.5 Å². The molecule has 1 unspecified atom stereocenters. The molecule has 2 rings (SSSR count). The van der Waals surface area contributed by atoms with Crippen LogP contribution in [-0.4, -0.2) is 13.2 Å². The van der Waals surface area contributed by atoms with Crippen molar-refractivity contribution in [1.82, 2.24) is 0 Å². The zero-order valence-electron chi connectivity index (χ0n) is 11.3. The third-order valence-corrected chi connectivity index (χ3v) is 4.30. The number of aryl methyl sites for hydroxylation is 1. The minimum atomic E-state index is -0.743. The normalized spacial score (nSPS) is 20.5. The quantitative estimate of drug-likeness (QED) is 0.903. The summed E-state index contributed by atoms with van der Waals surface area (Å²) in [6.07, 6.45) is 0.809. The van der Waals surface area contributed by atoms with E-state index >= 15 is 0 Å². The van der Waals surface area contributed by atoms with Crippen molar-refractivity contribution in [2.45, 2.75) is 32.8 Å². The average Bonchev–Trinajstić information content (AvgIpc) is 2.32. The Morgan fingerprint density at radius 2 is 2.16 bits per heavy atom. The van der Waals surface area contributed by atoms with Crippen molar-refractivity contribution in [1.29, 1.82) is 0 Å². The van der Waals surface area contributed by atoms with Crippen LogP contribution in [0.5, 0.6) is 5.75 Å². The lowest BCUT2D eigenvalue weighted by atomic mass is 9.72.